The van der Waals surface area contributed by atoms with Crippen LogP contribution >= 0.6 is 15.9 Å². The van der Waals surface area contributed by atoms with Gasteiger partial charge in [0.05, 0.1) is 12.1 Å². The SMILES string of the molecule is O=C(O)CC(NC(=O)Nc1cc(F)ccc1Br)C(=O)O. The number of carbonyl (C=O) groups is 3. The number of hydrogen-bond donors (Lipinski definition) is 4. The van der Waals surface area contributed by atoms with Gasteiger partial charge in [-0.05, 0) is 34.1 Å². The highest BCUT2D eigenvalue weighted by atomic mass is 79.9. The lowest BCUT2D eigenvalue weighted by molar-refractivity contribution is -0.145. The minimum Gasteiger partial charge on any atom is -0.481 e. The lowest BCUT2D eigenvalue weighted by atomic mass is 10.2. The Hall–Kier alpha value is -2.16. The fourth-order valence-electron chi connectivity index (χ4n) is 1.28. The second-order valence-electron chi connectivity index (χ2n) is 3.71. The monoisotopic (exact) mass is 348 g/mol. The van der Waals surface area contributed by atoms with Gasteiger partial charge in [-0.2, -0.15) is 0 Å². The Labute approximate surface area is 120 Å². The highest BCUT2D eigenvalue weighted by molar-refractivity contribution is 9.10. The molecule has 0 fully saturated rings. The highest BCUT2D eigenvalue weighted by Crippen LogP contribution is 2.22. The van der Waals surface area contributed by atoms with Crippen molar-refractivity contribution in [1.29, 1.82) is 0 Å². The molecule has 4 N–H and O–H groups in total. The molecule has 0 bridgehead atoms. The van der Waals surface area contributed by atoms with Gasteiger partial charge < -0.3 is 20.8 Å². The Balaban J connectivity index is 2.72. The summed E-state index contributed by atoms with van der Waals surface area (Å²) in [6, 6.07) is 1.01. The smallest absolute Gasteiger partial charge is 0.326 e. The van der Waals surface area contributed by atoms with Crippen LogP contribution in [-0.2, 0) is 9.59 Å². The van der Waals surface area contributed by atoms with Crippen molar-refractivity contribution in [3.8, 4) is 0 Å². The molecule has 1 aromatic rings. The van der Waals surface area contributed by atoms with E-state index in [-0.39, 0.29) is 5.69 Å². The standard InChI is InChI=1S/C11H10BrFN2O5/c12-6-2-1-5(13)3-7(6)14-11(20)15-8(10(18)19)4-9(16)17/h1-3,8H,4H2,(H,16,17)(H,18,19)(H2,14,15,20). The Bertz CT molecular complexity index is 552. The quantitative estimate of drug-likeness (QED) is 0.645. The second kappa shape index (κ2) is 6.85. The predicted molar refractivity (Wildman–Crippen MR) is 69.9 cm³/mol. The van der Waals surface area contributed by atoms with Gasteiger partial charge in [0.15, 0.2) is 0 Å². The molecule has 0 aliphatic rings. The molecule has 20 heavy (non-hydrogen) atoms. The highest BCUT2D eigenvalue weighted by Gasteiger charge is 2.23. The number of nitrogens with one attached hydrogen (secondary N) is 2. The van der Waals surface area contributed by atoms with Crippen LogP contribution in [0, 0.1) is 5.82 Å². The van der Waals surface area contributed by atoms with Crippen LogP contribution in [0.1, 0.15) is 6.42 Å². The van der Waals surface area contributed by atoms with E-state index in [1.807, 2.05) is 5.32 Å². The van der Waals surface area contributed by atoms with E-state index < -0.39 is 36.2 Å². The van der Waals surface area contributed by atoms with Crippen LogP contribution in [0.5, 0.6) is 0 Å². The van der Waals surface area contributed by atoms with E-state index in [0.29, 0.717) is 4.47 Å². The van der Waals surface area contributed by atoms with E-state index in [4.69, 9.17) is 10.2 Å². The Morgan fingerprint density at radius 1 is 1.30 bits per heavy atom. The molecule has 0 aliphatic carbocycles. The van der Waals surface area contributed by atoms with E-state index in [2.05, 4.69) is 21.2 Å². The van der Waals surface area contributed by atoms with Crippen molar-refractivity contribution < 1.29 is 29.0 Å². The zero-order chi connectivity index (χ0) is 15.3. The number of carbonyl (C=O) groups excluding carboxylic acids is 1. The molecule has 0 radical (unpaired) electrons. The zero-order valence-corrected chi connectivity index (χ0v) is 11.5. The van der Waals surface area contributed by atoms with Crippen LogP contribution in [0.25, 0.3) is 0 Å². The molecule has 9 heteroatoms. The van der Waals surface area contributed by atoms with Crippen molar-refractivity contribution in [3.63, 3.8) is 0 Å². The van der Waals surface area contributed by atoms with Crippen LogP contribution in [0.4, 0.5) is 14.9 Å². The first-order valence-corrected chi connectivity index (χ1v) is 6.06. The van der Waals surface area contributed by atoms with E-state index in [0.717, 1.165) is 12.1 Å². The molecule has 1 rings (SSSR count). The summed E-state index contributed by atoms with van der Waals surface area (Å²) in [5.41, 5.74) is 0.0852. The van der Waals surface area contributed by atoms with Crippen molar-refractivity contribution in [2.45, 2.75) is 12.5 Å². The summed E-state index contributed by atoms with van der Waals surface area (Å²) in [6.07, 6.45) is -0.771. The first-order valence-electron chi connectivity index (χ1n) is 5.26. The molecule has 108 valence electrons. The number of carboxylic acid groups (broad SMARTS) is 2. The summed E-state index contributed by atoms with van der Waals surface area (Å²) < 4.78 is 13.4. The molecule has 0 aliphatic heterocycles. The number of carboxylic acids is 2. The fraction of sp³-hybridized carbons (Fsp3) is 0.182. The summed E-state index contributed by atoms with van der Waals surface area (Å²) in [6.45, 7) is 0. The van der Waals surface area contributed by atoms with Crippen molar-refractivity contribution in [3.05, 3.63) is 28.5 Å². The van der Waals surface area contributed by atoms with Crippen molar-refractivity contribution in [2.24, 2.45) is 0 Å². The maximum absolute atomic E-state index is 13.0. The van der Waals surface area contributed by atoms with E-state index in [1.165, 1.54) is 6.07 Å². The van der Waals surface area contributed by atoms with Gasteiger partial charge >= 0.3 is 18.0 Å². The van der Waals surface area contributed by atoms with Crippen LogP contribution in [0.15, 0.2) is 22.7 Å². The minimum absolute atomic E-state index is 0.0852. The molecular weight excluding hydrogens is 339 g/mol. The summed E-state index contributed by atoms with van der Waals surface area (Å²) in [5, 5.41) is 21.5. The third-order valence-corrected chi connectivity index (χ3v) is 2.85. The van der Waals surface area contributed by atoms with Gasteiger partial charge in [0.2, 0.25) is 0 Å². The molecule has 0 spiro atoms. The predicted octanol–water partition coefficient (Wildman–Crippen LogP) is 1.64. The van der Waals surface area contributed by atoms with E-state index in [1.54, 1.807) is 0 Å². The topological polar surface area (TPSA) is 116 Å². The number of halogens is 2. The summed E-state index contributed by atoms with van der Waals surface area (Å²) in [4.78, 5) is 32.8. The average molecular weight is 349 g/mol. The Morgan fingerprint density at radius 3 is 2.50 bits per heavy atom. The van der Waals surface area contributed by atoms with Gasteiger partial charge in [-0.15, -0.1) is 0 Å². The van der Waals surface area contributed by atoms with Crippen LogP contribution in [-0.4, -0.2) is 34.2 Å². The minimum atomic E-state index is -1.58. The lowest BCUT2D eigenvalue weighted by Crippen LogP contribution is -2.44. The van der Waals surface area contributed by atoms with E-state index >= 15 is 0 Å². The molecule has 0 heterocycles. The summed E-state index contributed by atoms with van der Waals surface area (Å²) in [7, 11) is 0. The van der Waals surface area contributed by atoms with Gasteiger partial charge in [-0.1, -0.05) is 0 Å². The Morgan fingerprint density at radius 2 is 1.95 bits per heavy atom. The first-order chi connectivity index (χ1) is 9.29. The maximum Gasteiger partial charge on any atom is 0.326 e. The van der Waals surface area contributed by atoms with Gasteiger partial charge in [0.1, 0.15) is 11.9 Å². The van der Waals surface area contributed by atoms with Crippen LogP contribution in [0.3, 0.4) is 0 Å². The molecule has 1 atom stereocenters. The zero-order valence-electron chi connectivity index (χ0n) is 9.89. The molecule has 0 saturated carbocycles. The molecule has 0 aromatic heterocycles. The van der Waals surface area contributed by atoms with Crippen LogP contribution in [0.2, 0.25) is 0 Å². The van der Waals surface area contributed by atoms with E-state index in [9.17, 15) is 18.8 Å². The lowest BCUT2D eigenvalue weighted by Gasteiger charge is -2.14. The third-order valence-electron chi connectivity index (χ3n) is 2.16. The second-order valence-corrected chi connectivity index (χ2v) is 4.57. The number of benzene rings is 1. The third kappa shape index (κ3) is 4.84. The van der Waals surface area contributed by atoms with Crippen molar-refractivity contribution in [2.75, 3.05) is 5.32 Å². The molecule has 7 nitrogen and oxygen atoms in total. The fourth-order valence-corrected chi connectivity index (χ4v) is 1.63. The number of rotatable bonds is 5. The number of amides is 2. The molecule has 0 saturated heterocycles. The number of anilines is 1. The number of aliphatic carboxylic acids is 2. The number of hydrogen-bond acceptors (Lipinski definition) is 3. The molecule has 1 aromatic carbocycles. The first kappa shape index (κ1) is 15.9. The normalized spacial score (nSPS) is 11.5. The van der Waals surface area contributed by atoms with Crippen molar-refractivity contribution >= 4 is 39.6 Å². The van der Waals surface area contributed by atoms with Crippen molar-refractivity contribution in [1.82, 2.24) is 5.32 Å². The summed E-state index contributed by atoms with van der Waals surface area (Å²) in [5.74, 6) is -3.45. The Kier molecular flexibility index (Phi) is 5.44. The summed E-state index contributed by atoms with van der Waals surface area (Å²) >= 11 is 3.07. The van der Waals surface area contributed by atoms with Gasteiger partial charge in [0.25, 0.3) is 0 Å². The molecule has 1 unspecified atom stereocenters. The van der Waals surface area contributed by atoms with Crippen LogP contribution < -0.4 is 10.6 Å². The largest absolute Gasteiger partial charge is 0.481 e. The van der Waals surface area contributed by atoms with Gasteiger partial charge in [-0.25, -0.2) is 14.0 Å². The average Bonchev–Trinajstić information content (AvgIpc) is 2.32. The van der Waals surface area contributed by atoms with Gasteiger partial charge in [-0.3, -0.25) is 4.79 Å². The van der Waals surface area contributed by atoms with Gasteiger partial charge in [0, 0.05) is 4.47 Å². The number of urea groups is 1. The molecule has 2 amide bonds. The molecular formula is C11H10BrFN2O5. The maximum atomic E-state index is 13.0.